The molecule has 1 heterocycles. The third-order valence-electron chi connectivity index (χ3n) is 6.96. The summed E-state index contributed by atoms with van der Waals surface area (Å²) < 4.78 is 66.5. The largest absolute Gasteiger partial charge is 0.397 e. The molecule has 0 atom stereocenters. The molecule has 0 radical (unpaired) electrons. The number of carbonyl (C=O) groups excluding carboxylic acids is 2. The fourth-order valence-corrected chi connectivity index (χ4v) is 6.04. The molecule has 0 saturated heterocycles. The zero-order valence-corrected chi connectivity index (χ0v) is 26.5. The minimum absolute atomic E-state index is 0.0143. The van der Waals surface area contributed by atoms with Crippen molar-refractivity contribution in [1.82, 2.24) is 15.0 Å². The molecule has 240 valence electrons. The number of benzene rings is 3. The van der Waals surface area contributed by atoms with E-state index in [1.165, 1.54) is 36.4 Å². The molecule has 0 amide bonds. The van der Waals surface area contributed by atoms with Crippen LogP contribution in [0.15, 0.2) is 64.4 Å². The molecule has 0 saturated carbocycles. The lowest BCUT2D eigenvalue weighted by molar-refractivity contribution is 0.0980. The Kier molecular flexibility index (Phi) is 8.47. The molecule has 1 aliphatic rings. The van der Waals surface area contributed by atoms with Crippen LogP contribution in [0.5, 0.6) is 0 Å². The second kappa shape index (κ2) is 11.9. The number of nitrogens with two attached hydrogens (primary N) is 1. The molecular weight excluding hydrogens is 662 g/mol. The number of aromatic nitrogens is 3. The second-order valence-corrected chi connectivity index (χ2v) is 14.2. The van der Waals surface area contributed by atoms with Crippen LogP contribution in [0.1, 0.15) is 45.7 Å². The van der Waals surface area contributed by atoms with Crippen LogP contribution < -0.4 is 21.7 Å². The molecule has 1 aliphatic carbocycles. The van der Waals surface area contributed by atoms with Crippen molar-refractivity contribution in [2.45, 2.75) is 23.6 Å². The number of anilines is 5. The van der Waals surface area contributed by atoms with E-state index in [4.69, 9.17) is 17.3 Å². The number of fused-ring (bicyclic) bond motifs is 2. The van der Waals surface area contributed by atoms with E-state index < -0.39 is 47.8 Å². The van der Waals surface area contributed by atoms with E-state index in [-0.39, 0.29) is 68.8 Å². The number of nitrogens with one attached hydrogen (secondary N) is 3. The highest BCUT2D eigenvalue weighted by Crippen LogP contribution is 2.39. The normalized spacial score (nSPS) is 13.2. The van der Waals surface area contributed by atoms with Gasteiger partial charge < -0.3 is 21.7 Å². The number of carbonyl (C=O) groups is 2. The highest BCUT2D eigenvalue weighted by atomic mass is 35.5. The maximum atomic E-state index is 13.5. The standard InChI is InChI=1S/C28H26ClN7O8S2/c1-28(2,13-32-26-34-25(29)35-27(36-26)33-14-6-5-7-15(10-14)45(39,40)41)12-31-18-11-19(46(42,43)44)22(30)21-20(18)23(37)16-8-3-4-9-17(16)24(21)38/h3-11,31H,12-13,30H2,1-2H3,(H,39,40,41)(H,42,43,44)(H2,32,33,34,35,36). The van der Waals surface area contributed by atoms with Crippen molar-refractivity contribution < 1.29 is 35.5 Å². The van der Waals surface area contributed by atoms with Crippen molar-refractivity contribution in [3.8, 4) is 0 Å². The molecular formula is C28H26ClN7O8S2. The summed E-state index contributed by atoms with van der Waals surface area (Å²) in [5, 5.41) is 8.67. The quantitative estimate of drug-likeness (QED) is 0.0906. The summed E-state index contributed by atoms with van der Waals surface area (Å²) >= 11 is 6.07. The van der Waals surface area contributed by atoms with E-state index >= 15 is 0 Å². The number of halogens is 1. The Morgan fingerprint density at radius 1 is 0.804 bits per heavy atom. The van der Waals surface area contributed by atoms with Crippen LogP contribution in [-0.2, 0) is 20.2 Å². The van der Waals surface area contributed by atoms with Gasteiger partial charge in [0, 0.05) is 35.6 Å². The average molecular weight is 688 g/mol. The Morgan fingerprint density at radius 3 is 2.04 bits per heavy atom. The molecule has 5 rings (SSSR count). The van der Waals surface area contributed by atoms with Crippen LogP contribution in [0.25, 0.3) is 0 Å². The van der Waals surface area contributed by atoms with Gasteiger partial charge in [-0.15, -0.1) is 0 Å². The fraction of sp³-hybridized carbons (Fsp3) is 0.179. The summed E-state index contributed by atoms with van der Waals surface area (Å²) in [5.41, 5.74) is 4.83. The summed E-state index contributed by atoms with van der Waals surface area (Å²) in [6.07, 6.45) is 0. The SMILES string of the molecule is CC(C)(CNc1nc(Cl)nc(Nc2cccc(S(=O)(=O)O)c2)n1)CNc1cc(S(=O)(=O)O)c(N)c2c1C(=O)c1ccccc1C2=O. The summed E-state index contributed by atoms with van der Waals surface area (Å²) in [5.74, 6) is -1.17. The summed E-state index contributed by atoms with van der Waals surface area (Å²) in [6.45, 7) is 3.95. The van der Waals surface area contributed by atoms with E-state index in [1.54, 1.807) is 12.1 Å². The highest BCUT2D eigenvalue weighted by molar-refractivity contribution is 7.86. The Balaban J connectivity index is 1.37. The van der Waals surface area contributed by atoms with Crippen molar-refractivity contribution >= 4 is 72.4 Å². The lowest BCUT2D eigenvalue weighted by atomic mass is 9.82. The molecule has 0 unspecified atom stereocenters. The average Bonchev–Trinajstić information content (AvgIpc) is 2.97. The van der Waals surface area contributed by atoms with Gasteiger partial charge in [-0.2, -0.15) is 31.8 Å². The van der Waals surface area contributed by atoms with Gasteiger partial charge in [-0.3, -0.25) is 18.7 Å². The maximum absolute atomic E-state index is 13.5. The summed E-state index contributed by atoms with van der Waals surface area (Å²) in [7, 11) is -9.31. The first-order chi connectivity index (χ1) is 21.4. The van der Waals surface area contributed by atoms with E-state index in [0.29, 0.717) is 0 Å². The van der Waals surface area contributed by atoms with Crippen LogP contribution in [0.2, 0.25) is 5.28 Å². The first-order valence-corrected chi connectivity index (χ1v) is 16.6. The Bertz CT molecular complexity index is 2140. The van der Waals surface area contributed by atoms with Crippen LogP contribution in [0.3, 0.4) is 0 Å². The number of hydrogen-bond acceptors (Lipinski definition) is 13. The lowest BCUT2D eigenvalue weighted by Gasteiger charge is -2.28. The van der Waals surface area contributed by atoms with Crippen LogP contribution in [-0.4, -0.2) is 65.5 Å². The van der Waals surface area contributed by atoms with Crippen molar-refractivity contribution in [2.24, 2.45) is 5.41 Å². The Labute approximate surface area is 268 Å². The lowest BCUT2D eigenvalue weighted by Crippen LogP contribution is -2.32. The molecule has 1 aromatic heterocycles. The third kappa shape index (κ3) is 6.77. The molecule has 0 aliphatic heterocycles. The van der Waals surface area contributed by atoms with Crippen molar-refractivity contribution in [1.29, 1.82) is 0 Å². The van der Waals surface area contributed by atoms with Gasteiger partial charge in [-0.1, -0.05) is 44.2 Å². The van der Waals surface area contributed by atoms with Crippen LogP contribution >= 0.6 is 11.6 Å². The van der Waals surface area contributed by atoms with Gasteiger partial charge in [-0.05, 0) is 41.3 Å². The number of nitrogen functional groups attached to an aromatic ring is 1. The maximum Gasteiger partial charge on any atom is 0.296 e. The summed E-state index contributed by atoms with van der Waals surface area (Å²) in [4.78, 5) is 38.1. The predicted octanol–water partition coefficient (Wildman–Crippen LogP) is 3.67. The van der Waals surface area contributed by atoms with Gasteiger partial charge in [0.1, 0.15) is 4.90 Å². The van der Waals surface area contributed by atoms with E-state index in [2.05, 4.69) is 30.9 Å². The molecule has 0 bridgehead atoms. The van der Waals surface area contributed by atoms with E-state index in [9.17, 15) is 35.5 Å². The smallest absolute Gasteiger partial charge is 0.296 e. The molecule has 7 N–H and O–H groups in total. The fourth-order valence-electron chi connectivity index (χ4n) is 4.71. The van der Waals surface area contributed by atoms with E-state index in [0.717, 1.165) is 6.07 Å². The minimum Gasteiger partial charge on any atom is -0.397 e. The molecule has 4 aromatic rings. The third-order valence-corrected chi connectivity index (χ3v) is 8.87. The number of hydrogen-bond donors (Lipinski definition) is 6. The van der Waals surface area contributed by atoms with Gasteiger partial charge in [0.2, 0.25) is 17.2 Å². The van der Waals surface area contributed by atoms with Gasteiger partial charge in [0.05, 0.1) is 21.7 Å². The molecule has 18 heteroatoms. The highest BCUT2D eigenvalue weighted by Gasteiger charge is 2.36. The summed E-state index contributed by atoms with van der Waals surface area (Å²) in [6, 6.07) is 12.4. The number of rotatable bonds is 10. The van der Waals surface area contributed by atoms with E-state index in [1.807, 2.05) is 13.8 Å². The molecule has 0 spiro atoms. The Morgan fingerprint density at radius 2 is 1.41 bits per heavy atom. The van der Waals surface area contributed by atoms with Gasteiger partial charge >= 0.3 is 0 Å². The zero-order valence-electron chi connectivity index (χ0n) is 24.1. The van der Waals surface area contributed by atoms with Gasteiger partial charge in [-0.25, -0.2) is 0 Å². The number of nitrogens with zero attached hydrogens (tertiary/aromatic N) is 3. The monoisotopic (exact) mass is 687 g/mol. The zero-order chi connectivity index (χ0) is 33.6. The topological polar surface area (TPSA) is 244 Å². The second-order valence-electron chi connectivity index (χ2n) is 11.0. The van der Waals surface area contributed by atoms with Crippen molar-refractivity contribution in [2.75, 3.05) is 34.8 Å². The van der Waals surface area contributed by atoms with Crippen LogP contribution in [0, 0.1) is 5.41 Å². The molecule has 3 aromatic carbocycles. The van der Waals surface area contributed by atoms with Crippen LogP contribution in [0.4, 0.5) is 29.0 Å². The molecule has 46 heavy (non-hydrogen) atoms. The minimum atomic E-state index is -4.87. The number of ketones is 2. The molecule has 0 fully saturated rings. The van der Waals surface area contributed by atoms with Gasteiger partial charge in [0.15, 0.2) is 11.6 Å². The Hall–Kier alpha value is -4.68. The van der Waals surface area contributed by atoms with Crippen molar-refractivity contribution in [3.63, 3.8) is 0 Å². The van der Waals surface area contributed by atoms with Gasteiger partial charge in [0.25, 0.3) is 20.2 Å². The van der Waals surface area contributed by atoms with Crippen molar-refractivity contribution in [3.05, 3.63) is 82.1 Å². The first kappa shape index (κ1) is 32.7. The first-order valence-electron chi connectivity index (χ1n) is 13.3. The molecule has 15 nitrogen and oxygen atoms in total. The predicted molar refractivity (Wildman–Crippen MR) is 169 cm³/mol.